The predicted molar refractivity (Wildman–Crippen MR) is 50.2 cm³/mol. The molecule has 0 saturated carbocycles. The van der Waals surface area contributed by atoms with Gasteiger partial charge >= 0.3 is 0 Å². The zero-order valence-electron chi connectivity index (χ0n) is 8.26. The largest absolute Gasteiger partial charge is 0.238 e. The molecule has 0 radical (unpaired) electrons. The maximum absolute atomic E-state index is 4.44. The molecule has 0 unspecified atom stereocenters. The summed E-state index contributed by atoms with van der Waals surface area (Å²) in [5.41, 5.74) is 2.22. The zero-order valence-corrected chi connectivity index (χ0v) is 8.26. The van der Waals surface area contributed by atoms with Crippen LogP contribution in [0.2, 0.25) is 0 Å². The van der Waals surface area contributed by atoms with Gasteiger partial charge in [0.1, 0.15) is 5.82 Å². The number of rotatable bonds is 2. The summed E-state index contributed by atoms with van der Waals surface area (Å²) in [6, 6.07) is 2.05. The van der Waals surface area contributed by atoms with Crippen LogP contribution in [0.3, 0.4) is 0 Å². The first kappa shape index (κ1) is 9.17. The highest BCUT2D eigenvalue weighted by molar-refractivity contribution is 5.11. The molecule has 2 heteroatoms. The topological polar surface area (TPSA) is 25.8 Å². The number of aryl methyl sites for hydroxylation is 2. The van der Waals surface area contributed by atoms with Crippen LogP contribution in [0.5, 0.6) is 0 Å². The van der Waals surface area contributed by atoms with E-state index in [1.165, 1.54) is 0 Å². The SMILES string of the molecule is CCc1cc(C)nc(C(C)C)n1. The van der Waals surface area contributed by atoms with Crippen molar-refractivity contribution in [1.82, 2.24) is 9.97 Å². The van der Waals surface area contributed by atoms with E-state index >= 15 is 0 Å². The molecule has 0 amide bonds. The Labute approximate surface area is 74.1 Å². The van der Waals surface area contributed by atoms with Crippen molar-refractivity contribution in [3.63, 3.8) is 0 Å². The highest BCUT2D eigenvalue weighted by Crippen LogP contribution is 2.10. The summed E-state index contributed by atoms with van der Waals surface area (Å²) in [5, 5.41) is 0. The van der Waals surface area contributed by atoms with Gasteiger partial charge < -0.3 is 0 Å². The Kier molecular flexibility index (Phi) is 2.79. The van der Waals surface area contributed by atoms with Crippen molar-refractivity contribution in [3.8, 4) is 0 Å². The molecule has 0 atom stereocenters. The van der Waals surface area contributed by atoms with Gasteiger partial charge in [-0.15, -0.1) is 0 Å². The lowest BCUT2D eigenvalue weighted by atomic mass is 10.2. The Morgan fingerprint density at radius 2 is 2.00 bits per heavy atom. The van der Waals surface area contributed by atoms with Gasteiger partial charge in [-0.05, 0) is 19.4 Å². The van der Waals surface area contributed by atoms with Crippen molar-refractivity contribution < 1.29 is 0 Å². The lowest BCUT2D eigenvalue weighted by molar-refractivity contribution is 0.750. The molecule has 0 aliphatic rings. The van der Waals surface area contributed by atoms with Gasteiger partial charge in [0, 0.05) is 17.3 Å². The van der Waals surface area contributed by atoms with Gasteiger partial charge in [-0.2, -0.15) is 0 Å². The molecular formula is C10H16N2. The smallest absolute Gasteiger partial charge is 0.131 e. The fourth-order valence-electron chi connectivity index (χ4n) is 1.10. The molecule has 0 spiro atoms. The zero-order chi connectivity index (χ0) is 9.14. The molecule has 1 aromatic heterocycles. The second-order valence-electron chi connectivity index (χ2n) is 3.37. The summed E-state index contributed by atoms with van der Waals surface area (Å²) in [4.78, 5) is 8.81. The van der Waals surface area contributed by atoms with Crippen LogP contribution in [0, 0.1) is 6.92 Å². The first-order chi connectivity index (χ1) is 5.63. The average Bonchev–Trinajstić information content (AvgIpc) is 2.03. The van der Waals surface area contributed by atoms with E-state index in [2.05, 4.69) is 30.7 Å². The van der Waals surface area contributed by atoms with Crippen molar-refractivity contribution in [3.05, 3.63) is 23.3 Å². The summed E-state index contributed by atoms with van der Waals surface area (Å²) in [6.07, 6.45) is 0.989. The van der Waals surface area contributed by atoms with Crippen molar-refractivity contribution in [2.75, 3.05) is 0 Å². The quantitative estimate of drug-likeness (QED) is 0.671. The van der Waals surface area contributed by atoms with Crippen LogP contribution < -0.4 is 0 Å². The monoisotopic (exact) mass is 164 g/mol. The average molecular weight is 164 g/mol. The van der Waals surface area contributed by atoms with Gasteiger partial charge in [-0.3, -0.25) is 0 Å². The number of hydrogen-bond acceptors (Lipinski definition) is 2. The maximum Gasteiger partial charge on any atom is 0.131 e. The van der Waals surface area contributed by atoms with Crippen molar-refractivity contribution in [2.45, 2.75) is 40.0 Å². The second-order valence-corrected chi connectivity index (χ2v) is 3.37. The van der Waals surface area contributed by atoms with E-state index in [0.717, 1.165) is 23.6 Å². The molecule has 66 valence electrons. The van der Waals surface area contributed by atoms with Crippen molar-refractivity contribution in [2.24, 2.45) is 0 Å². The highest BCUT2D eigenvalue weighted by atomic mass is 14.9. The summed E-state index contributed by atoms with van der Waals surface area (Å²) >= 11 is 0. The highest BCUT2D eigenvalue weighted by Gasteiger charge is 2.04. The molecule has 1 rings (SSSR count). The Hall–Kier alpha value is -0.920. The lowest BCUT2D eigenvalue weighted by Crippen LogP contribution is -2.02. The standard InChI is InChI=1S/C10H16N2/c1-5-9-6-8(4)11-10(12-9)7(2)3/h6-7H,5H2,1-4H3. The van der Waals surface area contributed by atoms with E-state index in [9.17, 15) is 0 Å². The minimum atomic E-state index is 0.426. The van der Waals surface area contributed by atoms with Gasteiger partial charge in [0.25, 0.3) is 0 Å². The molecule has 12 heavy (non-hydrogen) atoms. The third kappa shape index (κ3) is 2.03. The normalized spacial score (nSPS) is 10.8. The van der Waals surface area contributed by atoms with Gasteiger partial charge in [-0.25, -0.2) is 9.97 Å². The Morgan fingerprint density at radius 1 is 1.33 bits per heavy atom. The van der Waals surface area contributed by atoms with Crippen LogP contribution in [-0.4, -0.2) is 9.97 Å². The third-order valence-corrected chi connectivity index (χ3v) is 1.80. The Morgan fingerprint density at radius 3 is 2.50 bits per heavy atom. The van der Waals surface area contributed by atoms with Crippen LogP contribution in [-0.2, 0) is 6.42 Å². The summed E-state index contributed by atoms with van der Waals surface area (Å²) in [6.45, 7) is 8.38. The molecule has 1 aromatic rings. The van der Waals surface area contributed by atoms with E-state index in [1.54, 1.807) is 0 Å². The van der Waals surface area contributed by atoms with Crippen molar-refractivity contribution >= 4 is 0 Å². The van der Waals surface area contributed by atoms with Crippen LogP contribution >= 0.6 is 0 Å². The third-order valence-electron chi connectivity index (χ3n) is 1.80. The van der Waals surface area contributed by atoms with Gasteiger partial charge in [-0.1, -0.05) is 20.8 Å². The van der Waals surface area contributed by atoms with Crippen LogP contribution in [0.15, 0.2) is 6.07 Å². The molecule has 0 saturated heterocycles. The molecule has 2 nitrogen and oxygen atoms in total. The van der Waals surface area contributed by atoms with Gasteiger partial charge in [0.15, 0.2) is 0 Å². The van der Waals surface area contributed by atoms with E-state index in [-0.39, 0.29) is 0 Å². The lowest BCUT2D eigenvalue weighted by Gasteiger charge is -2.06. The molecule has 0 aliphatic carbocycles. The molecule has 0 aliphatic heterocycles. The minimum absolute atomic E-state index is 0.426. The summed E-state index contributed by atoms with van der Waals surface area (Å²) in [5.74, 6) is 1.39. The van der Waals surface area contributed by atoms with Crippen LogP contribution in [0.1, 0.15) is 43.9 Å². The minimum Gasteiger partial charge on any atom is -0.238 e. The number of aromatic nitrogens is 2. The van der Waals surface area contributed by atoms with E-state index < -0.39 is 0 Å². The molecular weight excluding hydrogens is 148 g/mol. The second kappa shape index (κ2) is 3.65. The van der Waals surface area contributed by atoms with E-state index in [1.807, 2.05) is 13.0 Å². The molecule has 0 bridgehead atoms. The van der Waals surface area contributed by atoms with Gasteiger partial charge in [0.2, 0.25) is 0 Å². The van der Waals surface area contributed by atoms with Gasteiger partial charge in [0.05, 0.1) is 0 Å². The van der Waals surface area contributed by atoms with Crippen LogP contribution in [0.4, 0.5) is 0 Å². The Bertz CT molecular complexity index is 267. The maximum atomic E-state index is 4.44. The first-order valence-corrected chi connectivity index (χ1v) is 4.48. The van der Waals surface area contributed by atoms with Crippen molar-refractivity contribution in [1.29, 1.82) is 0 Å². The van der Waals surface area contributed by atoms with E-state index in [0.29, 0.717) is 5.92 Å². The van der Waals surface area contributed by atoms with E-state index in [4.69, 9.17) is 0 Å². The first-order valence-electron chi connectivity index (χ1n) is 4.48. The summed E-state index contributed by atoms with van der Waals surface area (Å²) in [7, 11) is 0. The molecule has 0 aromatic carbocycles. The number of nitrogens with zero attached hydrogens (tertiary/aromatic N) is 2. The fraction of sp³-hybridized carbons (Fsp3) is 0.600. The fourth-order valence-corrected chi connectivity index (χ4v) is 1.10. The molecule has 0 fully saturated rings. The number of hydrogen-bond donors (Lipinski definition) is 0. The predicted octanol–water partition coefficient (Wildman–Crippen LogP) is 2.47. The Balaban J connectivity index is 3.06. The summed E-state index contributed by atoms with van der Waals surface area (Å²) < 4.78 is 0. The molecule has 1 heterocycles. The van der Waals surface area contributed by atoms with Crippen LogP contribution in [0.25, 0.3) is 0 Å². The molecule has 0 N–H and O–H groups in total.